The number of nitrogen functional groups attached to an aromatic ring is 1. The lowest BCUT2D eigenvalue weighted by molar-refractivity contribution is -0.173. The molecule has 1 aromatic heterocycles. The number of rotatable bonds is 5. The maximum atomic E-state index is 11.8. The molecule has 0 unspecified atom stereocenters. The molecule has 0 aliphatic rings. The highest BCUT2D eigenvalue weighted by molar-refractivity contribution is 6.00. The maximum absolute atomic E-state index is 11.8. The number of aromatic nitrogens is 1. The Kier molecular flexibility index (Phi) is 4.66. The third-order valence-electron chi connectivity index (χ3n) is 2.09. The first-order valence-corrected chi connectivity index (χ1v) is 5.19. The highest BCUT2D eigenvalue weighted by atomic mass is 19.4. The number of halogens is 3. The topological polar surface area (TPSA) is 65.2 Å². The number of ether oxygens (including phenoxy) is 1. The predicted molar refractivity (Wildman–Crippen MR) is 59.2 cm³/mol. The minimum Gasteiger partial charge on any atom is -0.383 e. The molecule has 0 radical (unpaired) electrons. The van der Waals surface area contributed by atoms with E-state index in [9.17, 15) is 18.0 Å². The van der Waals surface area contributed by atoms with E-state index in [0.29, 0.717) is 0 Å². The summed E-state index contributed by atoms with van der Waals surface area (Å²) in [6.45, 7) is 0.0803. The molecule has 4 nitrogen and oxygen atoms in total. The Morgan fingerprint density at radius 3 is 2.78 bits per heavy atom. The summed E-state index contributed by atoms with van der Waals surface area (Å²) in [7, 11) is 0. The summed E-state index contributed by atoms with van der Waals surface area (Å²) in [5.74, 6) is -0.313. The van der Waals surface area contributed by atoms with E-state index < -0.39 is 12.8 Å². The van der Waals surface area contributed by atoms with Gasteiger partial charge in [-0.1, -0.05) is 0 Å². The van der Waals surface area contributed by atoms with E-state index in [-0.39, 0.29) is 30.2 Å². The second-order valence-corrected chi connectivity index (χ2v) is 3.79. The van der Waals surface area contributed by atoms with Crippen LogP contribution in [-0.4, -0.2) is 30.2 Å². The molecule has 0 amide bonds. The minimum atomic E-state index is -4.38. The average molecular weight is 262 g/mol. The van der Waals surface area contributed by atoms with Gasteiger partial charge < -0.3 is 10.5 Å². The number of Topliss-reactive ketones (excluding diaryl/α,β-unsaturated/α-hetero) is 1. The summed E-state index contributed by atoms with van der Waals surface area (Å²) in [5.41, 5.74) is 6.48. The van der Waals surface area contributed by atoms with E-state index in [1.165, 1.54) is 6.20 Å². The number of nitrogens with two attached hydrogens (primary N) is 1. The fourth-order valence-corrected chi connectivity index (χ4v) is 1.29. The molecule has 1 aromatic rings. The number of hydrogen-bond donors (Lipinski definition) is 1. The molecule has 1 heterocycles. The van der Waals surface area contributed by atoms with Gasteiger partial charge in [0.15, 0.2) is 5.78 Å². The van der Waals surface area contributed by atoms with Crippen LogP contribution in [0.5, 0.6) is 0 Å². The first-order chi connectivity index (χ1) is 8.29. The molecule has 0 aromatic carbocycles. The van der Waals surface area contributed by atoms with Crippen LogP contribution in [0.2, 0.25) is 0 Å². The number of carbonyl (C=O) groups excluding carboxylic acids is 1. The molecular weight excluding hydrogens is 249 g/mol. The number of anilines is 1. The summed E-state index contributed by atoms with van der Waals surface area (Å²) in [4.78, 5) is 15.5. The zero-order valence-electron chi connectivity index (χ0n) is 9.75. The van der Waals surface area contributed by atoms with Crippen LogP contribution in [0.25, 0.3) is 0 Å². The van der Waals surface area contributed by atoms with E-state index in [4.69, 9.17) is 5.73 Å². The van der Waals surface area contributed by atoms with E-state index in [2.05, 4.69) is 9.72 Å². The van der Waals surface area contributed by atoms with E-state index in [0.717, 1.165) is 5.56 Å². The van der Waals surface area contributed by atoms with E-state index >= 15 is 0 Å². The van der Waals surface area contributed by atoms with Gasteiger partial charge in [0, 0.05) is 12.6 Å². The first-order valence-electron chi connectivity index (χ1n) is 5.19. The second-order valence-electron chi connectivity index (χ2n) is 3.79. The van der Waals surface area contributed by atoms with Gasteiger partial charge in [-0.2, -0.15) is 13.2 Å². The normalized spacial score (nSPS) is 11.6. The molecule has 0 spiro atoms. The summed E-state index contributed by atoms with van der Waals surface area (Å²) in [6, 6.07) is 1.55. The van der Waals surface area contributed by atoms with Gasteiger partial charge in [-0.15, -0.1) is 0 Å². The maximum Gasteiger partial charge on any atom is 0.411 e. The van der Waals surface area contributed by atoms with Crippen molar-refractivity contribution >= 4 is 11.6 Å². The van der Waals surface area contributed by atoms with Crippen LogP contribution < -0.4 is 5.73 Å². The van der Waals surface area contributed by atoms with Crippen molar-refractivity contribution in [2.75, 3.05) is 18.9 Å². The Bertz CT molecular complexity index is 433. The van der Waals surface area contributed by atoms with Gasteiger partial charge in [0.2, 0.25) is 0 Å². The summed E-state index contributed by atoms with van der Waals surface area (Å²) in [6.07, 6.45) is -3.04. The van der Waals surface area contributed by atoms with Gasteiger partial charge in [-0.25, -0.2) is 4.98 Å². The van der Waals surface area contributed by atoms with Crippen LogP contribution in [0, 0.1) is 6.92 Å². The minimum absolute atomic E-state index is 0.0708. The molecule has 0 atom stereocenters. The fraction of sp³-hybridized carbons (Fsp3) is 0.455. The number of alkyl halides is 3. The van der Waals surface area contributed by atoms with Gasteiger partial charge in [0.05, 0.1) is 12.2 Å². The molecular formula is C11H13F3N2O2. The van der Waals surface area contributed by atoms with E-state index in [1.54, 1.807) is 13.0 Å². The molecule has 18 heavy (non-hydrogen) atoms. The smallest absolute Gasteiger partial charge is 0.383 e. The molecule has 2 N–H and O–H groups in total. The number of hydrogen-bond acceptors (Lipinski definition) is 4. The Morgan fingerprint density at radius 2 is 2.17 bits per heavy atom. The quantitative estimate of drug-likeness (QED) is 0.652. The average Bonchev–Trinajstić information content (AvgIpc) is 2.26. The zero-order chi connectivity index (χ0) is 13.8. The molecule has 1 rings (SSSR count). The van der Waals surface area contributed by atoms with Gasteiger partial charge >= 0.3 is 6.18 Å². The van der Waals surface area contributed by atoms with Crippen LogP contribution in [-0.2, 0) is 4.74 Å². The van der Waals surface area contributed by atoms with Crippen molar-refractivity contribution in [1.82, 2.24) is 4.98 Å². The number of ketones is 1. The van der Waals surface area contributed by atoms with Gasteiger partial charge in [-0.3, -0.25) is 4.79 Å². The Labute approximate surface area is 102 Å². The van der Waals surface area contributed by atoms with Gasteiger partial charge in [0.25, 0.3) is 0 Å². The fourth-order valence-electron chi connectivity index (χ4n) is 1.29. The van der Waals surface area contributed by atoms with Crippen LogP contribution in [0.3, 0.4) is 0 Å². The monoisotopic (exact) mass is 262 g/mol. The van der Waals surface area contributed by atoms with Crippen molar-refractivity contribution in [3.05, 3.63) is 23.4 Å². The summed E-state index contributed by atoms with van der Waals surface area (Å²) >= 11 is 0. The van der Waals surface area contributed by atoms with Crippen LogP contribution in [0.4, 0.5) is 19.0 Å². The highest BCUT2D eigenvalue weighted by Crippen LogP contribution is 2.16. The third kappa shape index (κ3) is 4.70. The SMILES string of the molecule is Cc1cnc(N)c(C(=O)CCOCC(F)(F)F)c1. The second kappa shape index (κ2) is 5.81. The number of pyridine rings is 1. The van der Waals surface area contributed by atoms with Crippen LogP contribution >= 0.6 is 0 Å². The molecule has 0 fully saturated rings. The molecule has 0 aliphatic carbocycles. The standard InChI is InChI=1S/C11H13F3N2O2/c1-7-4-8(10(15)16-5-7)9(17)2-3-18-6-11(12,13)14/h4-5H,2-3,6H2,1H3,(H2,15,16). The molecule has 100 valence electrons. The van der Waals surface area contributed by atoms with Crippen molar-refractivity contribution in [2.24, 2.45) is 0 Å². The number of nitrogens with zero attached hydrogens (tertiary/aromatic N) is 1. The van der Waals surface area contributed by atoms with Gasteiger partial charge in [0.1, 0.15) is 12.4 Å². The van der Waals surface area contributed by atoms with Crippen molar-refractivity contribution in [3.63, 3.8) is 0 Å². The Hall–Kier alpha value is -1.63. The first kappa shape index (κ1) is 14.4. The number of aryl methyl sites for hydroxylation is 1. The molecule has 0 saturated carbocycles. The molecule has 0 bridgehead atoms. The highest BCUT2D eigenvalue weighted by Gasteiger charge is 2.27. The van der Waals surface area contributed by atoms with Crippen molar-refractivity contribution in [3.8, 4) is 0 Å². The van der Waals surface area contributed by atoms with E-state index in [1.807, 2.05) is 0 Å². The lowest BCUT2D eigenvalue weighted by atomic mass is 10.1. The Balaban J connectivity index is 2.48. The summed E-state index contributed by atoms with van der Waals surface area (Å²) in [5, 5.41) is 0. The predicted octanol–water partition coefficient (Wildman–Crippen LogP) is 2.12. The number of carbonyl (C=O) groups is 1. The van der Waals surface area contributed by atoms with Crippen LogP contribution in [0.15, 0.2) is 12.3 Å². The summed E-state index contributed by atoms with van der Waals surface area (Å²) < 4.78 is 39.7. The lowest BCUT2D eigenvalue weighted by Gasteiger charge is -2.08. The van der Waals surface area contributed by atoms with Crippen LogP contribution in [0.1, 0.15) is 22.3 Å². The molecule has 0 saturated heterocycles. The van der Waals surface area contributed by atoms with Crippen molar-refractivity contribution < 1.29 is 22.7 Å². The molecule has 7 heteroatoms. The van der Waals surface area contributed by atoms with Crippen molar-refractivity contribution in [1.29, 1.82) is 0 Å². The van der Waals surface area contributed by atoms with Gasteiger partial charge in [-0.05, 0) is 18.6 Å². The molecule has 0 aliphatic heterocycles. The third-order valence-corrected chi connectivity index (χ3v) is 2.09. The largest absolute Gasteiger partial charge is 0.411 e. The lowest BCUT2D eigenvalue weighted by Crippen LogP contribution is -2.18. The van der Waals surface area contributed by atoms with Crippen molar-refractivity contribution in [2.45, 2.75) is 19.5 Å². The Morgan fingerprint density at radius 1 is 1.50 bits per heavy atom. The zero-order valence-corrected chi connectivity index (χ0v) is 9.75.